The lowest BCUT2D eigenvalue weighted by Crippen LogP contribution is -2.33. The van der Waals surface area contributed by atoms with Gasteiger partial charge in [0.1, 0.15) is 17.1 Å². The van der Waals surface area contributed by atoms with E-state index in [-0.39, 0.29) is 12.1 Å². The van der Waals surface area contributed by atoms with Gasteiger partial charge in [-0.05, 0) is 67.4 Å². The second kappa shape index (κ2) is 8.34. The number of aryl methyl sites for hydroxylation is 1. The lowest BCUT2D eigenvalue weighted by molar-refractivity contribution is 0.221. The summed E-state index contributed by atoms with van der Waals surface area (Å²) in [6.07, 6.45) is 2.63. The van der Waals surface area contributed by atoms with E-state index in [2.05, 4.69) is 14.9 Å². The quantitative estimate of drug-likeness (QED) is 0.503. The number of amides is 2. The summed E-state index contributed by atoms with van der Waals surface area (Å²) in [4.78, 5) is 24.2. The van der Waals surface area contributed by atoms with Gasteiger partial charge in [-0.15, -0.1) is 0 Å². The van der Waals surface area contributed by atoms with Gasteiger partial charge >= 0.3 is 6.03 Å². The van der Waals surface area contributed by atoms with Crippen LogP contribution in [0.25, 0.3) is 22.6 Å². The molecule has 0 unspecified atom stereocenters. The number of imidazole rings is 1. The van der Waals surface area contributed by atoms with E-state index < -0.39 is 0 Å². The number of nitrogens with zero attached hydrogens (tertiary/aromatic N) is 4. The summed E-state index contributed by atoms with van der Waals surface area (Å²) in [5.74, 6) is 1.65. The van der Waals surface area contributed by atoms with E-state index in [4.69, 9.17) is 9.72 Å². The molecule has 5 rings (SSSR count). The van der Waals surface area contributed by atoms with Gasteiger partial charge in [0.15, 0.2) is 5.65 Å². The van der Waals surface area contributed by atoms with Crippen molar-refractivity contribution in [3.63, 3.8) is 0 Å². The number of methoxy groups -OCH3 is 1. The number of hydrogen-bond donors (Lipinski definition) is 1. The summed E-state index contributed by atoms with van der Waals surface area (Å²) in [7, 11) is 1.66. The molecule has 4 aromatic rings. The monoisotopic (exact) mass is 427 g/mol. The van der Waals surface area contributed by atoms with Crippen molar-refractivity contribution in [2.75, 3.05) is 25.5 Å². The molecule has 0 saturated carbocycles. The third-order valence-corrected chi connectivity index (χ3v) is 5.88. The fourth-order valence-electron chi connectivity index (χ4n) is 4.28. The molecule has 1 atom stereocenters. The van der Waals surface area contributed by atoms with Gasteiger partial charge in [-0.25, -0.2) is 14.8 Å². The topological polar surface area (TPSA) is 72.3 Å². The minimum atomic E-state index is -0.0820. The average molecular weight is 428 g/mol. The Morgan fingerprint density at radius 2 is 1.97 bits per heavy atom. The molecule has 1 aliphatic heterocycles. The fourth-order valence-corrected chi connectivity index (χ4v) is 4.28. The maximum absolute atomic E-state index is 12.9. The van der Waals surface area contributed by atoms with Crippen LogP contribution in [-0.4, -0.2) is 45.7 Å². The molecule has 1 N–H and O–H groups in total. The van der Waals surface area contributed by atoms with Crippen LogP contribution in [0.15, 0.2) is 66.9 Å². The molecule has 0 radical (unpaired) electrons. The fraction of sp³-hybridized carbons (Fsp3) is 0.240. The number of carbonyl (C=O) groups is 1. The van der Waals surface area contributed by atoms with Crippen LogP contribution in [0.5, 0.6) is 5.75 Å². The molecule has 0 aliphatic carbocycles. The van der Waals surface area contributed by atoms with E-state index in [1.807, 2.05) is 72.5 Å². The number of nitrogens with one attached hydrogen (secondary N) is 1. The van der Waals surface area contributed by atoms with Crippen LogP contribution >= 0.6 is 0 Å². The minimum absolute atomic E-state index is 0.0820. The van der Waals surface area contributed by atoms with Crippen LogP contribution in [0.1, 0.15) is 18.0 Å². The summed E-state index contributed by atoms with van der Waals surface area (Å²) < 4.78 is 7.48. The predicted molar refractivity (Wildman–Crippen MR) is 125 cm³/mol. The standard InChI is InChI=1S/C25H25N5O2/c1-17-5-3-6-19(15-17)27-25(31)29-14-12-20(16-29)30-23(18-8-10-21(32-2)11-9-18)28-22-7-4-13-26-24(22)30/h3-11,13,15,20H,12,14,16H2,1-2H3,(H,27,31)/t20-/m0/s1. The van der Waals surface area contributed by atoms with Gasteiger partial charge < -0.3 is 19.5 Å². The summed E-state index contributed by atoms with van der Waals surface area (Å²) >= 11 is 0. The second-order valence-electron chi connectivity index (χ2n) is 8.07. The first-order valence-electron chi connectivity index (χ1n) is 10.7. The average Bonchev–Trinajstić information content (AvgIpc) is 3.44. The molecule has 32 heavy (non-hydrogen) atoms. The summed E-state index contributed by atoms with van der Waals surface area (Å²) in [5, 5.41) is 3.02. The third-order valence-electron chi connectivity index (χ3n) is 5.88. The van der Waals surface area contributed by atoms with Gasteiger partial charge in [0, 0.05) is 30.5 Å². The molecule has 7 nitrogen and oxygen atoms in total. The van der Waals surface area contributed by atoms with E-state index in [1.54, 1.807) is 13.3 Å². The molecule has 162 valence electrons. The van der Waals surface area contributed by atoms with Crippen molar-refractivity contribution in [3.05, 3.63) is 72.4 Å². The Morgan fingerprint density at radius 3 is 2.75 bits per heavy atom. The number of pyridine rings is 1. The molecule has 0 spiro atoms. The van der Waals surface area contributed by atoms with Gasteiger partial charge in [0.05, 0.1) is 13.2 Å². The van der Waals surface area contributed by atoms with Crippen molar-refractivity contribution >= 4 is 22.9 Å². The largest absolute Gasteiger partial charge is 0.497 e. The van der Waals surface area contributed by atoms with Gasteiger partial charge in [-0.2, -0.15) is 0 Å². The Kier molecular flexibility index (Phi) is 5.23. The number of rotatable bonds is 4. The highest BCUT2D eigenvalue weighted by atomic mass is 16.5. The Hall–Kier alpha value is -3.87. The number of urea groups is 1. The van der Waals surface area contributed by atoms with Gasteiger partial charge in [-0.3, -0.25) is 0 Å². The van der Waals surface area contributed by atoms with Crippen LogP contribution in [0.3, 0.4) is 0 Å². The SMILES string of the molecule is COc1ccc(-c2nc3cccnc3n2[C@H]2CCN(C(=O)Nc3cccc(C)c3)C2)cc1. The van der Waals surface area contributed by atoms with Crippen molar-refractivity contribution in [1.82, 2.24) is 19.4 Å². The van der Waals surface area contributed by atoms with Crippen LogP contribution in [0, 0.1) is 6.92 Å². The van der Waals surface area contributed by atoms with Crippen molar-refractivity contribution in [2.45, 2.75) is 19.4 Å². The van der Waals surface area contributed by atoms with Crippen molar-refractivity contribution in [3.8, 4) is 17.1 Å². The number of likely N-dealkylation sites (tertiary alicyclic amines) is 1. The highest BCUT2D eigenvalue weighted by molar-refractivity contribution is 5.89. The maximum Gasteiger partial charge on any atom is 0.321 e. The Balaban J connectivity index is 1.43. The normalized spacial score (nSPS) is 15.8. The number of carbonyl (C=O) groups excluding carboxylic acids is 1. The molecule has 7 heteroatoms. The third kappa shape index (κ3) is 3.77. The second-order valence-corrected chi connectivity index (χ2v) is 8.07. The zero-order valence-corrected chi connectivity index (χ0v) is 18.2. The molecule has 2 aromatic heterocycles. The molecule has 2 amide bonds. The van der Waals surface area contributed by atoms with Gasteiger partial charge in [0.2, 0.25) is 0 Å². The number of ether oxygens (including phenoxy) is 1. The molecular formula is C25H25N5O2. The number of hydrogen-bond acceptors (Lipinski definition) is 4. The lowest BCUT2D eigenvalue weighted by atomic mass is 10.2. The van der Waals surface area contributed by atoms with Gasteiger partial charge in [-0.1, -0.05) is 12.1 Å². The smallest absolute Gasteiger partial charge is 0.321 e. The van der Waals surface area contributed by atoms with E-state index in [0.29, 0.717) is 13.1 Å². The Labute approximate surface area is 186 Å². The van der Waals surface area contributed by atoms with E-state index in [1.165, 1.54) is 0 Å². The number of fused-ring (bicyclic) bond motifs is 1. The summed E-state index contributed by atoms with van der Waals surface area (Å²) in [6.45, 7) is 3.29. The molecule has 1 saturated heterocycles. The van der Waals surface area contributed by atoms with Crippen LogP contribution in [0.2, 0.25) is 0 Å². The van der Waals surface area contributed by atoms with E-state index in [0.717, 1.165) is 46.0 Å². The molecular weight excluding hydrogens is 402 g/mol. The number of anilines is 1. The van der Waals surface area contributed by atoms with Crippen molar-refractivity contribution in [2.24, 2.45) is 0 Å². The molecule has 1 aliphatic rings. The highest BCUT2D eigenvalue weighted by Crippen LogP contribution is 2.33. The zero-order valence-electron chi connectivity index (χ0n) is 18.2. The Bertz CT molecular complexity index is 1270. The Morgan fingerprint density at radius 1 is 1.12 bits per heavy atom. The van der Waals surface area contributed by atoms with Crippen LogP contribution in [-0.2, 0) is 0 Å². The van der Waals surface area contributed by atoms with E-state index in [9.17, 15) is 4.79 Å². The van der Waals surface area contributed by atoms with Gasteiger partial charge in [0.25, 0.3) is 0 Å². The zero-order chi connectivity index (χ0) is 22.1. The minimum Gasteiger partial charge on any atom is -0.497 e. The molecule has 0 bridgehead atoms. The first kappa shape index (κ1) is 20.1. The van der Waals surface area contributed by atoms with E-state index >= 15 is 0 Å². The van der Waals surface area contributed by atoms with Crippen molar-refractivity contribution < 1.29 is 9.53 Å². The number of aromatic nitrogens is 3. The predicted octanol–water partition coefficient (Wildman–Crippen LogP) is 4.89. The first-order chi connectivity index (χ1) is 15.6. The molecule has 2 aromatic carbocycles. The summed E-state index contributed by atoms with van der Waals surface area (Å²) in [5.41, 5.74) is 4.60. The van der Waals surface area contributed by atoms with Crippen LogP contribution in [0.4, 0.5) is 10.5 Å². The van der Waals surface area contributed by atoms with Crippen LogP contribution < -0.4 is 10.1 Å². The highest BCUT2D eigenvalue weighted by Gasteiger charge is 2.31. The first-order valence-corrected chi connectivity index (χ1v) is 10.7. The van der Waals surface area contributed by atoms with Crippen molar-refractivity contribution in [1.29, 1.82) is 0 Å². The molecule has 3 heterocycles. The maximum atomic E-state index is 12.9. The lowest BCUT2D eigenvalue weighted by Gasteiger charge is -2.19. The number of benzene rings is 2. The molecule has 1 fully saturated rings. The summed E-state index contributed by atoms with van der Waals surface area (Å²) in [6, 6.07) is 19.6.